The van der Waals surface area contributed by atoms with Crippen LogP contribution in [0.4, 0.5) is 0 Å². The molecular weight excluding hydrogens is 204 g/mol. The molecule has 92 valence electrons. The molecule has 1 saturated carbocycles. The summed E-state index contributed by atoms with van der Waals surface area (Å²) in [7, 11) is 0. The summed E-state index contributed by atoms with van der Waals surface area (Å²) in [6.07, 6.45) is 3.84. The molecule has 2 rings (SSSR count). The second-order valence-corrected chi connectivity index (χ2v) is 5.19. The normalized spacial score (nSPS) is 36.2. The summed E-state index contributed by atoms with van der Waals surface area (Å²) < 4.78 is 5.33. The van der Waals surface area contributed by atoms with E-state index in [1.807, 2.05) is 0 Å². The molecule has 1 saturated heterocycles. The van der Waals surface area contributed by atoms with E-state index in [9.17, 15) is 4.79 Å². The van der Waals surface area contributed by atoms with Crippen molar-refractivity contribution < 1.29 is 9.53 Å². The lowest BCUT2D eigenvalue weighted by Crippen LogP contribution is -2.41. The van der Waals surface area contributed by atoms with Crippen LogP contribution >= 0.6 is 0 Å². The summed E-state index contributed by atoms with van der Waals surface area (Å²) in [6, 6.07) is 0.452. The highest BCUT2D eigenvalue weighted by Gasteiger charge is 2.30. The van der Waals surface area contributed by atoms with E-state index in [0.717, 1.165) is 38.9 Å². The maximum atomic E-state index is 12.0. The average Bonchev–Trinajstić information content (AvgIpc) is 2.87. The average molecular weight is 226 g/mol. The van der Waals surface area contributed by atoms with Gasteiger partial charge in [-0.15, -0.1) is 0 Å². The number of amides is 1. The first-order valence-electron chi connectivity index (χ1n) is 6.30. The van der Waals surface area contributed by atoms with Gasteiger partial charge in [0.25, 0.3) is 0 Å². The summed E-state index contributed by atoms with van der Waals surface area (Å²) in [6.45, 7) is 3.69. The third-order valence-electron chi connectivity index (χ3n) is 3.89. The molecule has 0 bridgehead atoms. The molecular formula is C12H22N2O2. The van der Waals surface area contributed by atoms with E-state index < -0.39 is 0 Å². The molecule has 4 atom stereocenters. The number of carbonyl (C=O) groups excluding carboxylic acids is 1. The second kappa shape index (κ2) is 5.15. The van der Waals surface area contributed by atoms with Crippen LogP contribution in [0.15, 0.2) is 0 Å². The quantitative estimate of drug-likeness (QED) is 0.743. The van der Waals surface area contributed by atoms with Crippen LogP contribution in [0.2, 0.25) is 0 Å². The van der Waals surface area contributed by atoms with E-state index in [-0.39, 0.29) is 23.9 Å². The number of carbonyl (C=O) groups is 1. The Morgan fingerprint density at radius 1 is 1.44 bits per heavy atom. The van der Waals surface area contributed by atoms with Gasteiger partial charge in [-0.25, -0.2) is 0 Å². The number of rotatable bonds is 3. The van der Waals surface area contributed by atoms with Gasteiger partial charge in [0.1, 0.15) is 0 Å². The van der Waals surface area contributed by atoms with Gasteiger partial charge in [-0.3, -0.25) is 4.79 Å². The van der Waals surface area contributed by atoms with Gasteiger partial charge in [-0.2, -0.15) is 0 Å². The minimum Gasteiger partial charge on any atom is -0.381 e. The number of ether oxygens (including phenoxy) is 1. The third-order valence-corrected chi connectivity index (χ3v) is 3.89. The molecule has 1 heterocycles. The van der Waals surface area contributed by atoms with Gasteiger partial charge in [-0.1, -0.05) is 0 Å². The van der Waals surface area contributed by atoms with Crippen molar-refractivity contribution in [2.45, 2.75) is 44.7 Å². The molecule has 1 aliphatic carbocycles. The predicted molar refractivity (Wildman–Crippen MR) is 61.8 cm³/mol. The maximum absolute atomic E-state index is 12.0. The SMILES string of the molecule is CC(NC(=O)C1CCC(N)C1)C1CCOC1. The highest BCUT2D eigenvalue weighted by Crippen LogP contribution is 2.25. The summed E-state index contributed by atoms with van der Waals surface area (Å²) in [5, 5.41) is 3.11. The zero-order chi connectivity index (χ0) is 11.5. The Balaban J connectivity index is 1.77. The van der Waals surface area contributed by atoms with Crippen LogP contribution in [0, 0.1) is 11.8 Å². The number of nitrogens with one attached hydrogen (secondary N) is 1. The van der Waals surface area contributed by atoms with E-state index in [2.05, 4.69) is 12.2 Å². The van der Waals surface area contributed by atoms with Gasteiger partial charge in [-0.05, 0) is 32.6 Å². The van der Waals surface area contributed by atoms with Gasteiger partial charge in [0.15, 0.2) is 0 Å². The standard InChI is InChI=1S/C12H22N2O2/c1-8(10-4-5-16-7-10)14-12(15)9-2-3-11(13)6-9/h8-11H,2-7,13H2,1H3,(H,14,15). The number of hydrogen-bond donors (Lipinski definition) is 2. The fraction of sp³-hybridized carbons (Fsp3) is 0.917. The monoisotopic (exact) mass is 226 g/mol. The number of nitrogens with two attached hydrogens (primary N) is 1. The first-order valence-corrected chi connectivity index (χ1v) is 6.30. The molecule has 3 N–H and O–H groups in total. The van der Waals surface area contributed by atoms with Gasteiger partial charge in [0, 0.05) is 30.5 Å². The highest BCUT2D eigenvalue weighted by molar-refractivity contribution is 5.79. The topological polar surface area (TPSA) is 64.4 Å². The minimum atomic E-state index is 0.139. The summed E-state index contributed by atoms with van der Waals surface area (Å²) >= 11 is 0. The molecule has 4 unspecified atom stereocenters. The van der Waals surface area contributed by atoms with Crippen LogP contribution in [0.25, 0.3) is 0 Å². The molecule has 0 aromatic heterocycles. The smallest absolute Gasteiger partial charge is 0.223 e. The predicted octanol–water partition coefficient (Wildman–Crippen LogP) is 0.655. The molecule has 2 aliphatic rings. The molecule has 4 heteroatoms. The fourth-order valence-corrected chi connectivity index (χ4v) is 2.66. The first kappa shape index (κ1) is 11.9. The lowest BCUT2D eigenvalue weighted by atomic mass is 9.99. The molecule has 0 aromatic carbocycles. The van der Waals surface area contributed by atoms with Crippen molar-refractivity contribution in [3.8, 4) is 0 Å². The molecule has 2 fully saturated rings. The molecule has 0 spiro atoms. The van der Waals surface area contributed by atoms with Crippen LogP contribution in [0.1, 0.15) is 32.6 Å². The van der Waals surface area contributed by atoms with Crippen LogP contribution < -0.4 is 11.1 Å². The molecule has 0 aromatic rings. The van der Waals surface area contributed by atoms with Crippen molar-refractivity contribution in [1.82, 2.24) is 5.32 Å². The zero-order valence-corrected chi connectivity index (χ0v) is 9.95. The van der Waals surface area contributed by atoms with Crippen molar-refractivity contribution in [1.29, 1.82) is 0 Å². The minimum absolute atomic E-state index is 0.139. The molecule has 1 amide bonds. The van der Waals surface area contributed by atoms with Crippen molar-refractivity contribution in [2.24, 2.45) is 17.6 Å². The summed E-state index contributed by atoms with van der Waals surface area (Å²) in [5.41, 5.74) is 5.82. The Kier molecular flexibility index (Phi) is 3.82. The lowest BCUT2D eigenvalue weighted by Gasteiger charge is -2.21. The molecule has 4 nitrogen and oxygen atoms in total. The van der Waals surface area contributed by atoms with E-state index in [0.29, 0.717) is 5.92 Å². The molecule has 0 radical (unpaired) electrons. The van der Waals surface area contributed by atoms with Crippen molar-refractivity contribution in [2.75, 3.05) is 13.2 Å². The van der Waals surface area contributed by atoms with Crippen molar-refractivity contribution in [3.05, 3.63) is 0 Å². The van der Waals surface area contributed by atoms with Gasteiger partial charge in [0.05, 0.1) is 6.61 Å². The largest absolute Gasteiger partial charge is 0.381 e. The van der Waals surface area contributed by atoms with Gasteiger partial charge < -0.3 is 15.8 Å². The van der Waals surface area contributed by atoms with Gasteiger partial charge in [0.2, 0.25) is 5.91 Å². The highest BCUT2D eigenvalue weighted by atomic mass is 16.5. The van der Waals surface area contributed by atoms with Crippen molar-refractivity contribution >= 4 is 5.91 Å². The van der Waals surface area contributed by atoms with Crippen LogP contribution in [-0.4, -0.2) is 31.2 Å². The Hall–Kier alpha value is -0.610. The summed E-state index contributed by atoms with van der Waals surface area (Å²) in [5.74, 6) is 0.811. The molecule has 16 heavy (non-hydrogen) atoms. The van der Waals surface area contributed by atoms with Crippen molar-refractivity contribution in [3.63, 3.8) is 0 Å². The number of hydrogen-bond acceptors (Lipinski definition) is 3. The first-order chi connectivity index (χ1) is 7.66. The Labute approximate surface area is 96.9 Å². The Morgan fingerprint density at radius 3 is 2.81 bits per heavy atom. The third kappa shape index (κ3) is 2.74. The second-order valence-electron chi connectivity index (χ2n) is 5.19. The van der Waals surface area contributed by atoms with E-state index in [4.69, 9.17) is 10.5 Å². The fourth-order valence-electron chi connectivity index (χ4n) is 2.66. The lowest BCUT2D eigenvalue weighted by molar-refractivity contribution is -0.125. The van der Waals surface area contributed by atoms with E-state index in [1.54, 1.807) is 0 Å². The Bertz CT molecular complexity index is 251. The van der Waals surface area contributed by atoms with Crippen LogP contribution in [0.3, 0.4) is 0 Å². The molecule has 1 aliphatic heterocycles. The van der Waals surface area contributed by atoms with Crippen LogP contribution in [0.5, 0.6) is 0 Å². The Morgan fingerprint density at radius 2 is 2.25 bits per heavy atom. The maximum Gasteiger partial charge on any atom is 0.223 e. The van der Waals surface area contributed by atoms with E-state index in [1.165, 1.54) is 0 Å². The zero-order valence-electron chi connectivity index (χ0n) is 9.95. The van der Waals surface area contributed by atoms with E-state index >= 15 is 0 Å². The van der Waals surface area contributed by atoms with Gasteiger partial charge >= 0.3 is 0 Å². The van der Waals surface area contributed by atoms with Crippen LogP contribution in [-0.2, 0) is 9.53 Å². The summed E-state index contributed by atoms with van der Waals surface area (Å²) in [4.78, 5) is 12.0.